The van der Waals surface area contributed by atoms with Crippen LogP contribution in [0.1, 0.15) is 26.7 Å². The number of amides is 1. The molecule has 1 aliphatic heterocycles. The lowest BCUT2D eigenvalue weighted by atomic mass is 10.1. The molecule has 1 heterocycles. The van der Waals surface area contributed by atoms with Gasteiger partial charge in [0, 0.05) is 18.3 Å². The molecule has 1 unspecified atom stereocenters. The van der Waals surface area contributed by atoms with Crippen molar-refractivity contribution in [2.75, 3.05) is 29.8 Å². The number of halogens is 4. The van der Waals surface area contributed by atoms with Crippen LogP contribution in [0.5, 0.6) is 11.5 Å². The third kappa shape index (κ3) is 6.62. The number of carbonyl (C=O) groups excluding carboxylic acids is 1. The number of benzene rings is 2. The van der Waals surface area contributed by atoms with Crippen LogP contribution in [0.4, 0.5) is 33.7 Å². The highest BCUT2D eigenvalue weighted by atomic mass is 32.2. The first-order valence-corrected chi connectivity index (χ1v) is 15.2. The molecule has 0 aromatic heterocycles. The number of anilines is 2. The topological polar surface area (TPSA) is 140 Å². The second-order valence-electron chi connectivity index (χ2n) is 9.87. The summed E-state index contributed by atoms with van der Waals surface area (Å²) in [4.78, 5) is 11.9. The van der Waals surface area contributed by atoms with E-state index in [0.717, 1.165) is 35.7 Å². The second-order valence-corrected chi connectivity index (χ2v) is 13.8. The highest BCUT2D eigenvalue weighted by Gasteiger charge is 2.51. The summed E-state index contributed by atoms with van der Waals surface area (Å²) in [5.74, 6) is -1.19. The van der Waals surface area contributed by atoms with Crippen molar-refractivity contribution >= 4 is 37.5 Å². The predicted octanol–water partition coefficient (Wildman–Crippen LogP) is 3.76. The van der Waals surface area contributed by atoms with Crippen molar-refractivity contribution in [3.8, 4) is 11.5 Å². The van der Waals surface area contributed by atoms with E-state index >= 15 is 0 Å². The molecule has 4 rings (SSSR count). The molecule has 0 bridgehead atoms. The fourth-order valence-corrected chi connectivity index (χ4v) is 6.71. The molecule has 1 aliphatic carbocycles. The molecular formula is C24H27F4N3O8S2. The summed E-state index contributed by atoms with van der Waals surface area (Å²) in [6.07, 6.45) is -6.28. The number of methoxy groups -OCH3 is 1. The summed E-state index contributed by atoms with van der Waals surface area (Å²) < 4.78 is 124. The number of nitrogens with zero attached hydrogens (tertiary/aromatic N) is 1. The number of alkyl halides is 3. The van der Waals surface area contributed by atoms with Gasteiger partial charge in [-0.3, -0.25) is 9.62 Å². The van der Waals surface area contributed by atoms with Gasteiger partial charge in [-0.2, -0.15) is 13.2 Å². The molecule has 2 aliphatic rings. The molecular weight excluding hydrogens is 598 g/mol. The molecule has 11 nitrogen and oxygen atoms in total. The fourth-order valence-electron chi connectivity index (χ4n) is 3.79. The van der Waals surface area contributed by atoms with Crippen molar-refractivity contribution in [3.63, 3.8) is 0 Å². The molecule has 2 N–H and O–H groups in total. The zero-order chi connectivity index (χ0) is 30.4. The van der Waals surface area contributed by atoms with Gasteiger partial charge in [0.2, 0.25) is 15.6 Å². The van der Waals surface area contributed by atoms with Crippen LogP contribution in [0.2, 0.25) is 0 Å². The number of sulfonamides is 2. The standard InChI is InChI=1S/C24H27F4N3O8S2/c1-23(2,24(26,27)28)39-22(32)30-14-4-9-20-19(10-14)31(13-15(38-20)12-29-40(33,34)16-5-6-16)41(35,36)17-7-8-18(25)21(11-17)37-3/h4,7-11,15-16,29H,5-6,12-13H2,1-3H3,(H,30,32). The average Bonchev–Trinajstić information content (AvgIpc) is 3.73. The van der Waals surface area contributed by atoms with Crippen LogP contribution < -0.4 is 23.8 Å². The second kappa shape index (κ2) is 10.8. The van der Waals surface area contributed by atoms with Gasteiger partial charge in [0.1, 0.15) is 11.9 Å². The molecule has 1 atom stereocenters. The van der Waals surface area contributed by atoms with Crippen molar-refractivity contribution in [2.24, 2.45) is 0 Å². The molecule has 41 heavy (non-hydrogen) atoms. The maximum absolute atomic E-state index is 14.0. The quantitative estimate of drug-likeness (QED) is 0.402. The van der Waals surface area contributed by atoms with Crippen LogP contribution in [0.25, 0.3) is 0 Å². The van der Waals surface area contributed by atoms with Crippen LogP contribution in [0.3, 0.4) is 0 Å². The van der Waals surface area contributed by atoms with E-state index in [-0.39, 0.29) is 34.3 Å². The third-order valence-corrected chi connectivity index (χ3v) is 10.0. The number of rotatable bonds is 9. The van der Waals surface area contributed by atoms with Gasteiger partial charge in [-0.05, 0) is 57.0 Å². The molecule has 2 aromatic rings. The lowest BCUT2D eigenvalue weighted by Crippen LogP contribution is -2.48. The first kappa shape index (κ1) is 30.6. The van der Waals surface area contributed by atoms with Gasteiger partial charge in [-0.1, -0.05) is 0 Å². The largest absolute Gasteiger partial charge is 0.494 e. The zero-order valence-corrected chi connectivity index (χ0v) is 23.6. The molecule has 1 fully saturated rings. The van der Waals surface area contributed by atoms with Gasteiger partial charge in [0.25, 0.3) is 10.0 Å². The van der Waals surface area contributed by atoms with Crippen LogP contribution in [-0.4, -0.2) is 66.3 Å². The Morgan fingerprint density at radius 1 is 1.10 bits per heavy atom. The van der Waals surface area contributed by atoms with Crippen molar-refractivity contribution < 1.29 is 53.4 Å². The van der Waals surface area contributed by atoms with Crippen molar-refractivity contribution in [1.29, 1.82) is 0 Å². The Kier molecular flexibility index (Phi) is 8.09. The van der Waals surface area contributed by atoms with Gasteiger partial charge in [0.05, 0.1) is 29.5 Å². The first-order valence-electron chi connectivity index (χ1n) is 12.2. The first-order chi connectivity index (χ1) is 18.9. The van der Waals surface area contributed by atoms with Crippen LogP contribution in [0, 0.1) is 5.82 Å². The van der Waals surface area contributed by atoms with Crippen molar-refractivity contribution in [1.82, 2.24) is 4.72 Å². The Balaban J connectivity index is 1.66. The summed E-state index contributed by atoms with van der Waals surface area (Å²) >= 11 is 0. The highest BCUT2D eigenvalue weighted by Crippen LogP contribution is 2.40. The third-order valence-electron chi connectivity index (χ3n) is 6.35. The smallest absolute Gasteiger partial charge is 0.427 e. The molecule has 2 aromatic carbocycles. The van der Waals surface area contributed by atoms with Gasteiger partial charge >= 0.3 is 12.3 Å². The number of carbonyl (C=O) groups is 1. The molecule has 1 amide bonds. The van der Waals surface area contributed by atoms with Crippen LogP contribution in [0.15, 0.2) is 41.3 Å². The Labute approximate surface area is 233 Å². The maximum atomic E-state index is 14.0. The Hall–Kier alpha value is -3.31. The molecule has 17 heteroatoms. The van der Waals surface area contributed by atoms with Gasteiger partial charge in [-0.25, -0.2) is 30.7 Å². The van der Waals surface area contributed by atoms with Crippen LogP contribution >= 0.6 is 0 Å². The number of ether oxygens (including phenoxy) is 3. The van der Waals surface area contributed by atoms with Gasteiger partial charge in [0.15, 0.2) is 11.6 Å². The minimum atomic E-state index is -4.86. The van der Waals surface area contributed by atoms with Gasteiger partial charge < -0.3 is 14.2 Å². The maximum Gasteiger partial charge on any atom is 0.427 e. The summed E-state index contributed by atoms with van der Waals surface area (Å²) in [7, 11) is -6.95. The molecule has 226 valence electrons. The van der Waals surface area contributed by atoms with E-state index in [2.05, 4.69) is 14.8 Å². The lowest BCUT2D eigenvalue weighted by Gasteiger charge is -2.36. The number of hydrogen-bond donors (Lipinski definition) is 2. The Bertz CT molecular complexity index is 1540. The van der Waals surface area contributed by atoms with Crippen molar-refractivity contribution in [2.45, 2.75) is 54.7 Å². The molecule has 0 radical (unpaired) electrons. The molecule has 0 saturated heterocycles. The number of fused-ring (bicyclic) bond motifs is 1. The predicted molar refractivity (Wildman–Crippen MR) is 139 cm³/mol. The number of nitrogens with one attached hydrogen (secondary N) is 2. The molecule has 1 saturated carbocycles. The summed E-state index contributed by atoms with van der Waals surface area (Å²) in [5.41, 5.74) is -3.06. The summed E-state index contributed by atoms with van der Waals surface area (Å²) in [6.45, 7) is 0.652. The monoisotopic (exact) mass is 625 g/mol. The van der Waals surface area contributed by atoms with E-state index in [1.807, 2.05) is 0 Å². The van der Waals surface area contributed by atoms with Gasteiger partial charge in [-0.15, -0.1) is 0 Å². The van der Waals surface area contributed by atoms with Crippen molar-refractivity contribution in [3.05, 3.63) is 42.2 Å². The Morgan fingerprint density at radius 3 is 2.39 bits per heavy atom. The van der Waals surface area contributed by atoms with E-state index in [9.17, 15) is 39.2 Å². The highest BCUT2D eigenvalue weighted by molar-refractivity contribution is 7.92. The van der Waals surface area contributed by atoms with E-state index in [4.69, 9.17) is 9.47 Å². The fraction of sp³-hybridized carbons (Fsp3) is 0.458. The summed E-state index contributed by atoms with van der Waals surface area (Å²) in [5, 5.41) is 1.61. The van der Waals surface area contributed by atoms with E-state index in [0.29, 0.717) is 26.7 Å². The zero-order valence-electron chi connectivity index (χ0n) is 22.0. The average molecular weight is 626 g/mol. The normalized spacial score (nSPS) is 17.8. The number of hydrogen-bond acceptors (Lipinski definition) is 8. The summed E-state index contributed by atoms with van der Waals surface area (Å²) in [6, 6.07) is 6.50. The van der Waals surface area contributed by atoms with Crippen LogP contribution in [-0.2, 0) is 24.8 Å². The minimum absolute atomic E-state index is 0.0286. The van der Waals surface area contributed by atoms with E-state index in [1.54, 1.807) is 0 Å². The molecule has 0 spiro atoms. The van der Waals surface area contributed by atoms with E-state index < -0.39 is 61.6 Å². The lowest BCUT2D eigenvalue weighted by molar-refractivity contribution is -0.242. The Morgan fingerprint density at radius 2 is 1.78 bits per heavy atom. The van der Waals surface area contributed by atoms with E-state index in [1.165, 1.54) is 12.1 Å². The minimum Gasteiger partial charge on any atom is -0.494 e. The SMILES string of the molecule is COc1cc(S(=O)(=O)N2CC(CNS(=O)(=O)C3CC3)Oc3ccc(NC(=O)OC(C)(C)C(F)(F)F)cc32)ccc1F.